The lowest BCUT2D eigenvalue weighted by Gasteiger charge is -2.35. The summed E-state index contributed by atoms with van der Waals surface area (Å²) in [6.45, 7) is 5.81. The van der Waals surface area contributed by atoms with Crippen LogP contribution in [0.4, 0.5) is 8.78 Å². The third kappa shape index (κ3) is 5.35. The highest BCUT2D eigenvalue weighted by atomic mass is 32.2. The Morgan fingerprint density at radius 3 is 2.24 bits per heavy atom. The molecular weight excluding hydrogens is 394 g/mol. The van der Waals surface area contributed by atoms with Crippen LogP contribution in [0.15, 0.2) is 41.3 Å². The molecular formula is C22H24F2N2O2S. The summed E-state index contributed by atoms with van der Waals surface area (Å²) in [6, 6.07) is 9.44. The molecule has 2 aromatic rings. The molecule has 1 aliphatic rings. The van der Waals surface area contributed by atoms with E-state index in [-0.39, 0.29) is 17.4 Å². The Hall–Kier alpha value is -2.41. The van der Waals surface area contributed by atoms with Crippen molar-refractivity contribution in [1.82, 2.24) is 9.80 Å². The van der Waals surface area contributed by atoms with Gasteiger partial charge in [0.2, 0.25) is 5.91 Å². The van der Waals surface area contributed by atoms with Crippen molar-refractivity contribution in [3.05, 3.63) is 64.7 Å². The Labute approximate surface area is 173 Å². The van der Waals surface area contributed by atoms with Crippen molar-refractivity contribution in [2.45, 2.75) is 25.2 Å². The first-order valence-electron chi connectivity index (χ1n) is 9.57. The third-order valence-electron chi connectivity index (χ3n) is 5.15. The number of benzene rings is 2. The summed E-state index contributed by atoms with van der Waals surface area (Å²) in [4.78, 5) is 29.4. The highest BCUT2D eigenvalue weighted by Crippen LogP contribution is 2.22. The zero-order valence-corrected chi connectivity index (χ0v) is 17.4. The van der Waals surface area contributed by atoms with Gasteiger partial charge in [0.25, 0.3) is 5.91 Å². The lowest BCUT2D eigenvalue weighted by Crippen LogP contribution is -2.50. The molecule has 1 heterocycles. The summed E-state index contributed by atoms with van der Waals surface area (Å²) in [5, 5.41) is 0. The van der Waals surface area contributed by atoms with E-state index in [1.54, 1.807) is 21.6 Å². The summed E-state index contributed by atoms with van der Waals surface area (Å²) in [7, 11) is 0. The van der Waals surface area contributed by atoms with Gasteiger partial charge in [0.05, 0.1) is 0 Å². The number of piperazine rings is 1. The van der Waals surface area contributed by atoms with Crippen LogP contribution >= 0.6 is 11.8 Å². The highest BCUT2D eigenvalue weighted by Gasteiger charge is 2.25. The van der Waals surface area contributed by atoms with E-state index in [0.29, 0.717) is 38.4 Å². The second kappa shape index (κ2) is 9.39. The minimum absolute atomic E-state index is 0.0706. The van der Waals surface area contributed by atoms with Crippen LogP contribution in [-0.2, 0) is 4.79 Å². The molecule has 0 aliphatic carbocycles. The first-order chi connectivity index (χ1) is 13.8. The second-order valence-corrected chi connectivity index (χ2v) is 8.31. The molecule has 0 spiro atoms. The van der Waals surface area contributed by atoms with Crippen LogP contribution in [-0.4, -0.2) is 53.5 Å². The topological polar surface area (TPSA) is 40.6 Å². The molecule has 1 saturated heterocycles. The predicted molar refractivity (Wildman–Crippen MR) is 110 cm³/mol. The number of thioether (sulfide) groups is 1. The number of halogens is 2. The molecule has 3 rings (SSSR count). The predicted octanol–water partition coefficient (Wildman–Crippen LogP) is 4.05. The van der Waals surface area contributed by atoms with Crippen molar-refractivity contribution in [3.63, 3.8) is 0 Å². The number of rotatable bonds is 5. The lowest BCUT2D eigenvalue weighted by atomic mass is 10.1. The van der Waals surface area contributed by atoms with E-state index in [1.807, 2.05) is 0 Å². The van der Waals surface area contributed by atoms with Gasteiger partial charge in [0, 0.05) is 48.8 Å². The minimum Gasteiger partial charge on any atom is -0.339 e. The van der Waals surface area contributed by atoms with Crippen molar-refractivity contribution in [3.8, 4) is 0 Å². The number of hydrogen-bond donors (Lipinski definition) is 0. The first-order valence-corrected chi connectivity index (χ1v) is 10.6. The molecule has 1 aliphatic heterocycles. The maximum absolute atomic E-state index is 13.4. The summed E-state index contributed by atoms with van der Waals surface area (Å²) in [5.41, 5.74) is 2.61. The molecule has 0 saturated carbocycles. The fourth-order valence-corrected chi connectivity index (χ4v) is 4.13. The third-order valence-corrected chi connectivity index (χ3v) is 6.14. The van der Waals surface area contributed by atoms with Crippen molar-refractivity contribution < 1.29 is 18.4 Å². The Balaban J connectivity index is 1.45. The van der Waals surface area contributed by atoms with E-state index < -0.39 is 11.6 Å². The van der Waals surface area contributed by atoms with Gasteiger partial charge >= 0.3 is 0 Å². The van der Waals surface area contributed by atoms with Gasteiger partial charge in [0.1, 0.15) is 0 Å². The molecule has 0 atom stereocenters. The second-order valence-electron chi connectivity index (χ2n) is 7.15. The standard InChI is InChI=1S/C22H24F2N2O2S/c1-15-3-5-18(13-16(15)2)29-12-7-21(27)25-8-10-26(11-9-25)22(28)17-4-6-19(23)20(24)14-17/h3-6,13-14H,7-12H2,1-2H3. The molecule has 0 N–H and O–H groups in total. The van der Waals surface area contributed by atoms with Crippen molar-refractivity contribution in [2.75, 3.05) is 31.9 Å². The van der Waals surface area contributed by atoms with Gasteiger partial charge in [-0.15, -0.1) is 11.8 Å². The number of carbonyl (C=O) groups is 2. The van der Waals surface area contributed by atoms with Crippen LogP contribution in [0.1, 0.15) is 27.9 Å². The van der Waals surface area contributed by atoms with E-state index in [0.717, 1.165) is 17.0 Å². The molecule has 1 fully saturated rings. The van der Waals surface area contributed by atoms with Crippen molar-refractivity contribution >= 4 is 23.6 Å². The van der Waals surface area contributed by atoms with Gasteiger partial charge in [-0.25, -0.2) is 8.78 Å². The van der Waals surface area contributed by atoms with Crippen LogP contribution in [0.2, 0.25) is 0 Å². The molecule has 7 heteroatoms. The Kier molecular flexibility index (Phi) is 6.90. The van der Waals surface area contributed by atoms with Crippen LogP contribution < -0.4 is 0 Å². The summed E-state index contributed by atoms with van der Waals surface area (Å²) in [5.74, 6) is -1.58. The maximum atomic E-state index is 13.4. The van der Waals surface area contributed by atoms with E-state index in [2.05, 4.69) is 32.0 Å². The van der Waals surface area contributed by atoms with E-state index in [4.69, 9.17) is 0 Å². The average Bonchev–Trinajstić information content (AvgIpc) is 2.72. The van der Waals surface area contributed by atoms with Crippen LogP contribution in [0, 0.1) is 25.5 Å². The number of aryl methyl sites for hydroxylation is 2. The van der Waals surface area contributed by atoms with Gasteiger partial charge in [-0.3, -0.25) is 9.59 Å². The number of nitrogens with zero attached hydrogens (tertiary/aromatic N) is 2. The molecule has 154 valence electrons. The van der Waals surface area contributed by atoms with Crippen molar-refractivity contribution in [2.24, 2.45) is 0 Å². The normalized spacial score (nSPS) is 14.2. The zero-order valence-electron chi connectivity index (χ0n) is 16.6. The van der Waals surface area contributed by atoms with E-state index in [9.17, 15) is 18.4 Å². The van der Waals surface area contributed by atoms with Gasteiger partial charge in [-0.05, 0) is 55.3 Å². The zero-order chi connectivity index (χ0) is 21.0. The summed E-state index contributed by atoms with van der Waals surface area (Å²) < 4.78 is 26.4. The number of carbonyl (C=O) groups excluding carboxylic acids is 2. The number of amides is 2. The highest BCUT2D eigenvalue weighted by molar-refractivity contribution is 7.99. The molecule has 4 nitrogen and oxygen atoms in total. The molecule has 0 radical (unpaired) electrons. The first kappa shape index (κ1) is 21.3. The van der Waals surface area contributed by atoms with Crippen LogP contribution in [0.3, 0.4) is 0 Å². The fourth-order valence-electron chi connectivity index (χ4n) is 3.19. The quantitative estimate of drug-likeness (QED) is 0.688. The Morgan fingerprint density at radius 2 is 1.59 bits per heavy atom. The largest absolute Gasteiger partial charge is 0.339 e. The molecule has 0 aromatic heterocycles. The smallest absolute Gasteiger partial charge is 0.254 e. The average molecular weight is 419 g/mol. The number of hydrogen-bond acceptors (Lipinski definition) is 3. The minimum atomic E-state index is -1.04. The molecule has 29 heavy (non-hydrogen) atoms. The van der Waals surface area contributed by atoms with Gasteiger partial charge in [-0.1, -0.05) is 6.07 Å². The SMILES string of the molecule is Cc1ccc(SCCC(=O)N2CCN(C(=O)c3ccc(F)c(F)c3)CC2)cc1C. The van der Waals surface area contributed by atoms with Gasteiger partial charge in [-0.2, -0.15) is 0 Å². The maximum Gasteiger partial charge on any atom is 0.254 e. The molecule has 2 amide bonds. The monoisotopic (exact) mass is 418 g/mol. The fraction of sp³-hybridized carbons (Fsp3) is 0.364. The van der Waals surface area contributed by atoms with E-state index >= 15 is 0 Å². The lowest BCUT2D eigenvalue weighted by molar-refractivity contribution is -0.132. The Morgan fingerprint density at radius 1 is 0.897 bits per heavy atom. The van der Waals surface area contributed by atoms with E-state index in [1.165, 1.54) is 17.2 Å². The molecule has 0 unspecified atom stereocenters. The summed E-state index contributed by atoms with van der Waals surface area (Å²) >= 11 is 1.66. The van der Waals surface area contributed by atoms with Gasteiger partial charge < -0.3 is 9.80 Å². The summed E-state index contributed by atoms with van der Waals surface area (Å²) in [6.07, 6.45) is 0.439. The Bertz CT molecular complexity index is 912. The van der Waals surface area contributed by atoms with Crippen LogP contribution in [0.25, 0.3) is 0 Å². The van der Waals surface area contributed by atoms with Crippen molar-refractivity contribution in [1.29, 1.82) is 0 Å². The molecule has 2 aromatic carbocycles. The molecule has 0 bridgehead atoms. The van der Waals surface area contributed by atoms with Gasteiger partial charge in [0.15, 0.2) is 11.6 Å². The van der Waals surface area contributed by atoms with Crippen LogP contribution in [0.5, 0.6) is 0 Å².